The van der Waals surface area contributed by atoms with E-state index in [4.69, 9.17) is 11.6 Å². The van der Waals surface area contributed by atoms with Crippen LogP contribution in [0.4, 0.5) is 0 Å². The summed E-state index contributed by atoms with van der Waals surface area (Å²) in [6.45, 7) is 0. The lowest BCUT2D eigenvalue weighted by atomic mass is 10.5. The Morgan fingerprint density at radius 3 is 3.00 bits per heavy atom. The molecule has 0 aromatic carbocycles. The summed E-state index contributed by atoms with van der Waals surface area (Å²) in [6, 6.07) is 0. The minimum Gasteiger partial charge on any atom is -0.469 e. The minimum absolute atomic E-state index is 0.0565. The van der Waals surface area contributed by atoms with Gasteiger partial charge in [-0.3, -0.25) is 4.79 Å². The van der Waals surface area contributed by atoms with Gasteiger partial charge in [0.15, 0.2) is 5.16 Å². The summed E-state index contributed by atoms with van der Waals surface area (Å²) in [5.74, 6) is 0.478. The number of carbonyl (C=O) groups excluding carboxylic acids is 1. The number of halogens is 1. The SMILES string of the molecule is COC(=O)CCSc1nc(Cl)nc(-n2cncn2)n1. The van der Waals surface area contributed by atoms with Crippen LogP contribution < -0.4 is 0 Å². The summed E-state index contributed by atoms with van der Waals surface area (Å²) < 4.78 is 5.91. The van der Waals surface area contributed by atoms with Gasteiger partial charge in [0.1, 0.15) is 12.7 Å². The highest BCUT2D eigenvalue weighted by Crippen LogP contribution is 2.16. The number of ether oxygens (including phenoxy) is 1. The molecule has 100 valence electrons. The standard InChI is InChI=1S/C9H9ClN6O2S/c1-18-6(17)2-3-19-9-14-7(10)13-8(15-9)16-5-11-4-12-16/h4-5H,2-3H2,1H3. The second-order valence-electron chi connectivity index (χ2n) is 3.20. The molecule has 0 saturated heterocycles. The van der Waals surface area contributed by atoms with Crippen LogP contribution in [-0.4, -0.2) is 48.5 Å². The van der Waals surface area contributed by atoms with Crippen LogP contribution in [0.15, 0.2) is 17.8 Å². The van der Waals surface area contributed by atoms with E-state index in [1.54, 1.807) is 0 Å². The van der Waals surface area contributed by atoms with Crippen molar-refractivity contribution in [3.63, 3.8) is 0 Å². The summed E-state index contributed by atoms with van der Waals surface area (Å²) in [5, 5.41) is 4.37. The van der Waals surface area contributed by atoms with Gasteiger partial charge in [-0.1, -0.05) is 11.8 Å². The normalized spacial score (nSPS) is 10.4. The lowest BCUT2D eigenvalue weighted by molar-refractivity contribution is -0.140. The average molecular weight is 301 g/mol. The van der Waals surface area contributed by atoms with Gasteiger partial charge in [0.05, 0.1) is 13.5 Å². The largest absolute Gasteiger partial charge is 0.469 e. The van der Waals surface area contributed by atoms with Crippen molar-refractivity contribution in [3.8, 4) is 5.95 Å². The molecule has 19 heavy (non-hydrogen) atoms. The lowest BCUT2D eigenvalue weighted by Crippen LogP contribution is -2.06. The monoisotopic (exact) mass is 300 g/mol. The fourth-order valence-electron chi connectivity index (χ4n) is 1.13. The molecule has 0 amide bonds. The number of hydrogen-bond acceptors (Lipinski definition) is 8. The summed E-state index contributed by atoms with van der Waals surface area (Å²) in [5.41, 5.74) is 0. The van der Waals surface area contributed by atoms with Crippen molar-refractivity contribution in [3.05, 3.63) is 17.9 Å². The zero-order valence-corrected chi connectivity index (χ0v) is 11.4. The van der Waals surface area contributed by atoms with Crippen molar-refractivity contribution < 1.29 is 9.53 Å². The molecule has 0 aliphatic carbocycles. The molecule has 2 aromatic rings. The molecule has 0 unspecified atom stereocenters. The maximum atomic E-state index is 11.0. The predicted molar refractivity (Wildman–Crippen MR) is 67.1 cm³/mol. The van der Waals surface area contributed by atoms with Gasteiger partial charge < -0.3 is 4.74 Å². The highest BCUT2D eigenvalue weighted by molar-refractivity contribution is 7.99. The van der Waals surface area contributed by atoms with E-state index in [-0.39, 0.29) is 23.6 Å². The Kier molecular flexibility index (Phi) is 4.63. The molecule has 0 fully saturated rings. The zero-order valence-electron chi connectivity index (χ0n) is 9.85. The highest BCUT2D eigenvalue weighted by Gasteiger charge is 2.09. The summed E-state index contributed by atoms with van der Waals surface area (Å²) in [4.78, 5) is 26.8. The van der Waals surface area contributed by atoms with Crippen LogP contribution in [0.5, 0.6) is 0 Å². The number of thioether (sulfide) groups is 1. The molecule has 0 bridgehead atoms. The lowest BCUT2D eigenvalue weighted by Gasteiger charge is -2.03. The van der Waals surface area contributed by atoms with E-state index in [2.05, 4.69) is 29.8 Å². The van der Waals surface area contributed by atoms with Crippen molar-refractivity contribution in [1.29, 1.82) is 0 Å². The van der Waals surface area contributed by atoms with E-state index in [9.17, 15) is 4.79 Å². The first-order chi connectivity index (χ1) is 9.19. The third kappa shape index (κ3) is 3.86. The first kappa shape index (κ1) is 13.7. The second-order valence-corrected chi connectivity index (χ2v) is 4.60. The Morgan fingerprint density at radius 2 is 2.32 bits per heavy atom. The quantitative estimate of drug-likeness (QED) is 0.590. The van der Waals surface area contributed by atoms with Crippen molar-refractivity contribution in [2.24, 2.45) is 0 Å². The molecule has 0 aliphatic rings. The van der Waals surface area contributed by atoms with Gasteiger partial charge in [-0.25, -0.2) is 4.98 Å². The second kappa shape index (κ2) is 6.43. The molecule has 2 heterocycles. The average Bonchev–Trinajstić information content (AvgIpc) is 2.91. The summed E-state index contributed by atoms with van der Waals surface area (Å²) in [6.07, 6.45) is 3.08. The number of rotatable bonds is 5. The number of hydrogen-bond donors (Lipinski definition) is 0. The highest BCUT2D eigenvalue weighted by atomic mass is 35.5. The third-order valence-corrected chi connectivity index (χ3v) is 2.98. The Balaban J connectivity index is 2.07. The molecule has 0 N–H and O–H groups in total. The van der Waals surface area contributed by atoms with Gasteiger partial charge >= 0.3 is 5.97 Å². The van der Waals surface area contributed by atoms with Gasteiger partial charge in [-0.05, 0) is 11.6 Å². The minimum atomic E-state index is -0.288. The summed E-state index contributed by atoms with van der Waals surface area (Å²) >= 11 is 7.09. The third-order valence-electron chi connectivity index (χ3n) is 1.96. The van der Waals surface area contributed by atoms with Crippen LogP contribution >= 0.6 is 23.4 Å². The first-order valence-corrected chi connectivity index (χ1v) is 6.51. The van der Waals surface area contributed by atoms with E-state index in [0.717, 1.165) is 0 Å². The van der Waals surface area contributed by atoms with Crippen LogP contribution in [0.1, 0.15) is 6.42 Å². The maximum absolute atomic E-state index is 11.0. The van der Waals surface area contributed by atoms with E-state index >= 15 is 0 Å². The Hall–Kier alpha value is -1.74. The maximum Gasteiger partial charge on any atom is 0.306 e. The van der Waals surface area contributed by atoms with Gasteiger partial charge in [-0.2, -0.15) is 24.7 Å². The molecule has 2 rings (SSSR count). The molecule has 8 nitrogen and oxygen atoms in total. The molecule has 0 spiro atoms. The van der Waals surface area contributed by atoms with E-state index in [1.807, 2.05) is 0 Å². The van der Waals surface area contributed by atoms with Crippen LogP contribution in [0.2, 0.25) is 5.28 Å². The van der Waals surface area contributed by atoms with Crippen LogP contribution in [-0.2, 0) is 9.53 Å². The predicted octanol–water partition coefficient (Wildman–Crippen LogP) is 0.761. The summed E-state index contributed by atoms with van der Waals surface area (Å²) in [7, 11) is 1.34. The molecular weight excluding hydrogens is 292 g/mol. The van der Waals surface area contributed by atoms with Crippen molar-refractivity contribution in [1.82, 2.24) is 29.7 Å². The number of nitrogens with zero attached hydrogens (tertiary/aromatic N) is 6. The van der Waals surface area contributed by atoms with Crippen molar-refractivity contribution in [2.75, 3.05) is 12.9 Å². The van der Waals surface area contributed by atoms with E-state index < -0.39 is 0 Å². The van der Waals surface area contributed by atoms with E-state index in [0.29, 0.717) is 10.9 Å². The molecule has 2 aromatic heterocycles. The number of methoxy groups -OCH3 is 1. The molecular formula is C9H9ClN6O2S. The Labute approximate surface area is 117 Å². The topological polar surface area (TPSA) is 95.7 Å². The molecule has 0 radical (unpaired) electrons. The van der Waals surface area contributed by atoms with Crippen LogP contribution in [0, 0.1) is 0 Å². The van der Waals surface area contributed by atoms with Crippen molar-refractivity contribution >= 4 is 29.3 Å². The fraction of sp³-hybridized carbons (Fsp3) is 0.333. The number of carbonyl (C=O) groups is 1. The van der Waals surface area contributed by atoms with Gasteiger partial charge in [0, 0.05) is 5.75 Å². The Morgan fingerprint density at radius 1 is 1.47 bits per heavy atom. The molecule has 0 atom stereocenters. The van der Waals surface area contributed by atoms with Crippen LogP contribution in [0.25, 0.3) is 5.95 Å². The smallest absolute Gasteiger partial charge is 0.306 e. The fourth-order valence-corrected chi connectivity index (χ4v) is 2.08. The van der Waals surface area contributed by atoms with Gasteiger partial charge in [-0.15, -0.1) is 0 Å². The first-order valence-electron chi connectivity index (χ1n) is 5.15. The number of esters is 1. The van der Waals surface area contributed by atoms with Gasteiger partial charge in [0.2, 0.25) is 5.28 Å². The molecule has 10 heteroatoms. The van der Waals surface area contributed by atoms with E-state index in [1.165, 1.54) is 36.2 Å². The van der Waals surface area contributed by atoms with Crippen LogP contribution in [0.3, 0.4) is 0 Å². The number of aromatic nitrogens is 6. The van der Waals surface area contributed by atoms with Gasteiger partial charge in [0.25, 0.3) is 5.95 Å². The van der Waals surface area contributed by atoms with Crippen molar-refractivity contribution in [2.45, 2.75) is 11.6 Å². The Bertz CT molecular complexity index is 564. The zero-order chi connectivity index (χ0) is 13.7. The molecule has 0 saturated carbocycles. The molecule has 0 aliphatic heterocycles.